The Bertz CT molecular complexity index is 264. The fourth-order valence-corrected chi connectivity index (χ4v) is 4.02. The van der Waals surface area contributed by atoms with Crippen LogP contribution in [0.15, 0.2) is 0 Å². The first-order chi connectivity index (χ1) is 8.50. The molecule has 2 N–H and O–H groups in total. The Kier molecular flexibility index (Phi) is 4.71. The van der Waals surface area contributed by atoms with Crippen molar-refractivity contribution < 1.29 is 0 Å². The lowest BCUT2D eigenvalue weighted by Crippen LogP contribution is -2.57. The van der Waals surface area contributed by atoms with Crippen molar-refractivity contribution in [1.82, 2.24) is 4.90 Å². The van der Waals surface area contributed by atoms with E-state index in [1.165, 1.54) is 38.6 Å². The molecule has 1 aliphatic carbocycles. The lowest BCUT2D eigenvalue weighted by Gasteiger charge is -2.48. The van der Waals surface area contributed by atoms with Gasteiger partial charge in [0.2, 0.25) is 0 Å². The molecule has 5 atom stereocenters. The highest BCUT2D eigenvalue weighted by molar-refractivity contribution is 4.94. The number of nitrogens with two attached hydrogens (primary N) is 1. The average molecular weight is 252 g/mol. The zero-order valence-corrected chi connectivity index (χ0v) is 12.7. The van der Waals surface area contributed by atoms with Gasteiger partial charge in [-0.1, -0.05) is 20.8 Å². The van der Waals surface area contributed by atoms with Crippen LogP contribution in [-0.2, 0) is 0 Å². The SMILES string of the molecule is CC(C)C1CCC(N)C(N2CCCC(C)C2C)C1. The van der Waals surface area contributed by atoms with Crippen molar-refractivity contribution in [1.29, 1.82) is 0 Å². The molecule has 106 valence electrons. The van der Waals surface area contributed by atoms with E-state index in [9.17, 15) is 0 Å². The highest BCUT2D eigenvalue weighted by Gasteiger charge is 2.37. The van der Waals surface area contributed by atoms with Crippen LogP contribution in [0.4, 0.5) is 0 Å². The first-order valence-electron chi connectivity index (χ1n) is 8.02. The molecule has 0 radical (unpaired) electrons. The summed E-state index contributed by atoms with van der Waals surface area (Å²) >= 11 is 0. The van der Waals surface area contributed by atoms with E-state index in [-0.39, 0.29) is 0 Å². The van der Waals surface area contributed by atoms with Gasteiger partial charge >= 0.3 is 0 Å². The van der Waals surface area contributed by atoms with Gasteiger partial charge in [-0.05, 0) is 63.3 Å². The van der Waals surface area contributed by atoms with Gasteiger partial charge in [-0.15, -0.1) is 0 Å². The van der Waals surface area contributed by atoms with Crippen molar-refractivity contribution in [3.05, 3.63) is 0 Å². The Hall–Kier alpha value is -0.0800. The standard InChI is InChI=1S/C16H32N2/c1-11(2)14-7-8-15(17)16(10-14)18-9-5-6-12(3)13(18)4/h11-16H,5-10,17H2,1-4H3. The van der Waals surface area contributed by atoms with Crippen LogP contribution >= 0.6 is 0 Å². The smallest absolute Gasteiger partial charge is 0.0252 e. The second-order valence-corrected chi connectivity index (χ2v) is 7.15. The number of rotatable bonds is 2. The Balaban J connectivity index is 2.04. The molecule has 2 fully saturated rings. The Morgan fingerprint density at radius 2 is 1.83 bits per heavy atom. The van der Waals surface area contributed by atoms with E-state index in [2.05, 4.69) is 32.6 Å². The fourth-order valence-electron chi connectivity index (χ4n) is 4.02. The van der Waals surface area contributed by atoms with Gasteiger partial charge in [0, 0.05) is 18.1 Å². The largest absolute Gasteiger partial charge is 0.326 e. The summed E-state index contributed by atoms with van der Waals surface area (Å²) in [5.74, 6) is 2.54. The van der Waals surface area contributed by atoms with Crippen molar-refractivity contribution in [2.24, 2.45) is 23.5 Å². The molecule has 5 unspecified atom stereocenters. The van der Waals surface area contributed by atoms with Crippen molar-refractivity contribution in [3.63, 3.8) is 0 Å². The van der Waals surface area contributed by atoms with Gasteiger partial charge in [-0.25, -0.2) is 0 Å². The highest BCUT2D eigenvalue weighted by atomic mass is 15.2. The predicted molar refractivity (Wildman–Crippen MR) is 78.5 cm³/mol. The third-order valence-electron chi connectivity index (χ3n) is 5.70. The molecule has 0 spiro atoms. The third kappa shape index (κ3) is 2.91. The molecule has 0 aromatic rings. The zero-order valence-electron chi connectivity index (χ0n) is 12.7. The van der Waals surface area contributed by atoms with Gasteiger partial charge in [0.25, 0.3) is 0 Å². The lowest BCUT2D eigenvalue weighted by molar-refractivity contribution is 0.0225. The summed E-state index contributed by atoms with van der Waals surface area (Å²) in [6, 6.07) is 1.78. The minimum atomic E-state index is 0.410. The van der Waals surface area contributed by atoms with Crippen LogP contribution in [0.5, 0.6) is 0 Å². The molecule has 2 heteroatoms. The summed E-state index contributed by atoms with van der Waals surface area (Å²) in [5, 5.41) is 0. The van der Waals surface area contributed by atoms with Crippen LogP contribution in [-0.4, -0.2) is 29.6 Å². The minimum absolute atomic E-state index is 0.410. The number of piperidine rings is 1. The molecule has 0 aromatic carbocycles. The lowest BCUT2D eigenvalue weighted by atomic mass is 9.75. The van der Waals surface area contributed by atoms with Crippen LogP contribution in [0, 0.1) is 17.8 Å². The van der Waals surface area contributed by atoms with Gasteiger partial charge in [0.05, 0.1) is 0 Å². The summed E-state index contributed by atoms with van der Waals surface area (Å²) in [6.07, 6.45) is 6.66. The van der Waals surface area contributed by atoms with Crippen LogP contribution < -0.4 is 5.73 Å². The highest BCUT2D eigenvalue weighted by Crippen LogP contribution is 2.35. The second-order valence-electron chi connectivity index (χ2n) is 7.15. The molecule has 2 aliphatic rings. The molecular weight excluding hydrogens is 220 g/mol. The van der Waals surface area contributed by atoms with Gasteiger partial charge < -0.3 is 5.73 Å². The number of hydrogen-bond acceptors (Lipinski definition) is 2. The van der Waals surface area contributed by atoms with Crippen LogP contribution in [0.3, 0.4) is 0 Å². The van der Waals surface area contributed by atoms with E-state index >= 15 is 0 Å². The first-order valence-corrected chi connectivity index (χ1v) is 8.02. The van der Waals surface area contributed by atoms with Gasteiger partial charge in [-0.2, -0.15) is 0 Å². The first kappa shape index (κ1) is 14.3. The summed E-state index contributed by atoms with van der Waals surface area (Å²) in [7, 11) is 0. The Morgan fingerprint density at radius 3 is 2.50 bits per heavy atom. The van der Waals surface area contributed by atoms with Crippen LogP contribution in [0.2, 0.25) is 0 Å². The fraction of sp³-hybridized carbons (Fsp3) is 1.00. The maximum Gasteiger partial charge on any atom is 0.0252 e. The van der Waals surface area contributed by atoms with E-state index < -0.39 is 0 Å². The normalized spacial score (nSPS) is 43.3. The van der Waals surface area contributed by atoms with E-state index in [0.717, 1.165) is 23.8 Å². The molecule has 1 saturated heterocycles. The summed E-state index contributed by atoms with van der Waals surface area (Å²) < 4.78 is 0. The van der Waals surface area contributed by atoms with Crippen molar-refractivity contribution in [2.45, 2.75) is 77.9 Å². The third-order valence-corrected chi connectivity index (χ3v) is 5.70. The van der Waals surface area contributed by atoms with Crippen LogP contribution in [0.1, 0.15) is 59.8 Å². The topological polar surface area (TPSA) is 29.3 Å². The summed E-state index contributed by atoms with van der Waals surface area (Å²) in [5.41, 5.74) is 6.44. The molecule has 1 heterocycles. The Labute approximate surface area is 113 Å². The van der Waals surface area contributed by atoms with Gasteiger partial charge in [0.1, 0.15) is 0 Å². The molecule has 2 rings (SSSR count). The predicted octanol–water partition coefficient (Wildman–Crippen LogP) is 3.26. The van der Waals surface area contributed by atoms with Gasteiger partial charge in [-0.3, -0.25) is 4.90 Å². The van der Waals surface area contributed by atoms with Crippen molar-refractivity contribution >= 4 is 0 Å². The second kappa shape index (κ2) is 5.92. The summed E-state index contributed by atoms with van der Waals surface area (Å²) in [6.45, 7) is 10.8. The molecular formula is C16H32N2. The number of nitrogens with zero attached hydrogens (tertiary/aromatic N) is 1. The quantitative estimate of drug-likeness (QED) is 0.817. The van der Waals surface area contributed by atoms with Gasteiger partial charge in [0.15, 0.2) is 0 Å². The molecule has 18 heavy (non-hydrogen) atoms. The summed E-state index contributed by atoms with van der Waals surface area (Å²) in [4.78, 5) is 2.74. The van der Waals surface area contributed by atoms with E-state index in [4.69, 9.17) is 5.73 Å². The average Bonchev–Trinajstić information content (AvgIpc) is 2.33. The molecule has 1 aliphatic heterocycles. The van der Waals surface area contributed by atoms with E-state index in [1.807, 2.05) is 0 Å². The van der Waals surface area contributed by atoms with E-state index in [0.29, 0.717) is 12.1 Å². The molecule has 0 bridgehead atoms. The monoisotopic (exact) mass is 252 g/mol. The molecule has 0 amide bonds. The van der Waals surface area contributed by atoms with Crippen LogP contribution in [0.25, 0.3) is 0 Å². The minimum Gasteiger partial charge on any atom is -0.326 e. The maximum atomic E-state index is 6.44. The molecule has 1 saturated carbocycles. The van der Waals surface area contributed by atoms with E-state index in [1.54, 1.807) is 0 Å². The van der Waals surface area contributed by atoms with Crippen molar-refractivity contribution in [2.75, 3.05) is 6.54 Å². The van der Waals surface area contributed by atoms with Crippen molar-refractivity contribution in [3.8, 4) is 0 Å². The zero-order chi connectivity index (χ0) is 13.3. The number of hydrogen-bond donors (Lipinski definition) is 1. The maximum absolute atomic E-state index is 6.44. The molecule has 2 nitrogen and oxygen atoms in total. The number of likely N-dealkylation sites (tertiary alicyclic amines) is 1. The molecule has 0 aromatic heterocycles. The Morgan fingerprint density at radius 1 is 1.11 bits per heavy atom.